The Balaban J connectivity index is 1.51. The molecule has 20 heavy (non-hydrogen) atoms. The zero-order valence-electron chi connectivity index (χ0n) is 10.8. The molecule has 3 rings (SSSR count). The second-order valence-electron chi connectivity index (χ2n) is 4.45. The minimum atomic E-state index is -0.485. The Morgan fingerprint density at radius 3 is 3.25 bits per heavy atom. The van der Waals surface area contributed by atoms with Gasteiger partial charge in [0.15, 0.2) is 6.10 Å². The van der Waals surface area contributed by atoms with Crippen LogP contribution >= 0.6 is 11.3 Å². The Kier molecular flexibility index (Phi) is 3.83. The number of para-hydroxylation sites is 2. The number of fused-ring (bicyclic) bond motifs is 1. The predicted molar refractivity (Wildman–Crippen MR) is 78.2 cm³/mol. The van der Waals surface area contributed by atoms with E-state index in [2.05, 4.69) is 15.6 Å². The van der Waals surface area contributed by atoms with Crippen LogP contribution in [0.5, 0.6) is 5.75 Å². The molecule has 0 spiro atoms. The molecule has 1 aromatic heterocycles. The van der Waals surface area contributed by atoms with Gasteiger partial charge in [-0.15, -0.1) is 11.3 Å². The molecule has 0 fully saturated rings. The Hall–Kier alpha value is -2.08. The van der Waals surface area contributed by atoms with E-state index in [-0.39, 0.29) is 5.91 Å². The molecule has 0 bridgehead atoms. The van der Waals surface area contributed by atoms with Crippen molar-refractivity contribution in [1.29, 1.82) is 0 Å². The van der Waals surface area contributed by atoms with Crippen molar-refractivity contribution in [3.63, 3.8) is 0 Å². The lowest BCUT2D eigenvalue weighted by molar-refractivity contribution is -0.127. The summed E-state index contributed by atoms with van der Waals surface area (Å²) in [6.07, 6.45) is 2.04. The van der Waals surface area contributed by atoms with Gasteiger partial charge in [0.05, 0.1) is 17.2 Å². The number of rotatable bonds is 4. The summed E-state index contributed by atoms with van der Waals surface area (Å²) < 4.78 is 5.69. The minimum Gasteiger partial charge on any atom is -0.477 e. The third-order valence-electron chi connectivity index (χ3n) is 3.05. The van der Waals surface area contributed by atoms with Crippen molar-refractivity contribution in [3.8, 4) is 5.75 Å². The van der Waals surface area contributed by atoms with E-state index in [1.165, 1.54) is 0 Å². The first-order chi connectivity index (χ1) is 9.83. The summed E-state index contributed by atoms with van der Waals surface area (Å²) in [5.74, 6) is 0.627. The first-order valence-electron chi connectivity index (χ1n) is 6.48. The van der Waals surface area contributed by atoms with Crippen molar-refractivity contribution in [3.05, 3.63) is 40.8 Å². The van der Waals surface area contributed by atoms with Gasteiger partial charge in [-0.1, -0.05) is 12.1 Å². The zero-order chi connectivity index (χ0) is 13.8. The molecule has 1 atom stereocenters. The highest BCUT2D eigenvalue weighted by molar-refractivity contribution is 7.09. The number of nitrogens with zero attached hydrogens (tertiary/aromatic N) is 1. The summed E-state index contributed by atoms with van der Waals surface area (Å²) in [6, 6.07) is 7.62. The number of ether oxygens (including phenoxy) is 1. The van der Waals surface area contributed by atoms with Crippen LogP contribution in [0, 0.1) is 0 Å². The second-order valence-corrected chi connectivity index (χ2v) is 5.43. The molecular weight excluding hydrogens is 274 g/mol. The zero-order valence-corrected chi connectivity index (χ0v) is 11.7. The number of benzene rings is 1. The molecule has 1 unspecified atom stereocenters. The van der Waals surface area contributed by atoms with E-state index in [9.17, 15) is 4.79 Å². The quantitative estimate of drug-likeness (QED) is 0.899. The smallest absolute Gasteiger partial charge is 0.262 e. The third-order valence-corrected chi connectivity index (χ3v) is 3.89. The van der Waals surface area contributed by atoms with E-state index in [1.807, 2.05) is 29.6 Å². The van der Waals surface area contributed by atoms with Crippen LogP contribution in [-0.4, -0.2) is 30.1 Å². The van der Waals surface area contributed by atoms with Gasteiger partial charge in [-0.3, -0.25) is 4.79 Å². The fraction of sp³-hybridized carbons (Fsp3) is 0.286. The summed E-state index contributed by atoms with van der Waals surface area (Å²) in [4.78, 5) is 16.2. The van der Waals surface area contributed by atoms with Crippen molar-refractivity contribution in [2.24, 2.45) is 0 Å². The number of aromatic nitrogens is 1. The molecule has 0 saturated heterocycles. The molecule has 2 heterocycles. The van der Waals surface area contributed by atoms with Crippen LogP contribution in [0.25, 0.3) is 0 Å². The number of nitrogens with one attached hydrogen (secondary N) is 2. The average molecular weight is 289 g/mol. The molecule has 6 heteroatoms. The fourth-order valence-corrected chi connectivity index (χ4v) is 2.66. The molecule has 2 N–H and O–H groups in total. The van der Waals surface area contributed by atoms with E-state index >= 15 is 0 Å². The maximum Gasteiger partial charge on any atom is 0.262 e. The van der Waals surface area contributed by atoms with Gasteiger partial charge in [0.2, 0.25) is 0 Å². The first kappa shape index (κ1) is 12.9. The standard InChI is InChI=1S/C14H15N3O2S/c18-14(16-6-5-13-15-7-8-20-13)12-9-17-10-3-1-2-4-11(10)19-12/h1-4,7-8,12,17H,5-6,9H2,(H,16,18). The number of hydrogen-bond acceptors (Lipinski definition) is 5. The highest BCUT2D eigenvalue weighted by Gasteiger charge is 2.25. The first-order valence-corrected chi connectivity index (χ1v) is 7.36. The highest BCUT2D eigenvalue weighted by Crippen LogP contribution is 2.28. The molecule has 0 radical (unpaired) electrons. The van der Waals surface area contributed by atoms with E-state index < -0.39 is 6.10 Å². The van der Waals surface area contributed by atoms with E-state index in [0.29, 0.717) is 13.1 Å². The Morgan fingerprint density at radius 1 is 1.50 bits per heavy atom. The summed E-state index contributed by atoms with van der Waals surface area (Å²) in [6.45, 7) is 1.06. The van der Waals surface area contributed by atoms with Crippen LogP contribution in [0.2, 0.25) is 0 Å². The Bertz CT molecular complexity index is 586. The maximum absolute atomic E-state index is 12.0. The summed E-state index contributed by atoms with van der Waals surface area (Å²) in [5.41, 5.74) is 0.930. The van der Waals surface area contributed by atoms with Gasteiger partial charge in [0.1, 0.15) is 5.75 Å². The van der Waals surface area contributed by atoms with Gasteiger partial charge in [-0.05, 0) is 12.1 Å². The average Bonchev–Trinajstić information content (AvgIpc) is 3.00. The van der Waals surface area contributed by atoms with Crippen molar-refractivity contribution < 1.29 is 9.53 Å². The molecule has 1 aliphatic rings. The number of amides is 1. The number of carbonyl (C=O) groups is 1. The van der Waals surface area contributed by atoms with Crippen LogP contribution < -0.4 is 15.4 Å². The van der Waals surface area contributed by atoms with Crippen LogP contribution in [0.3, 0.4) is 0 Å². The predicted octanol–water partition coefficient (Wildman–Crippen LogP) is 1.67. The van der Waals surface area contributed by atoms with Crippen molar-refractivity contribution >= 4 is 22.9 Å². The largest absolute Gasteiger partial charge is 0.477 e. The molecule has 104 valence electrons. The number of carbonyl (C=O) groups excluding carboxylic acids is 1. The Labute approximate surface area is 121 Å². The monoisotopic (exact) mass is 289 g/mol. The lowest BCUT2D eigenvalue weighted by atomic mass is 10.2. The van der Waals surface area contributed by atoms with Gasteiger partial charge in [-0.25, -0.2) is 4.98 Å². The SMILES string of the molecule is O=C(NCCc1nccs1)C1CNc2ccccc2O1. The minimum absolute atomic E-state index is 0.0939. The van der Waals surface area contributed by atoms with Crippen LogP contribution in [0.4, 0.5) is 5.69 Å². The molecule has 0 saturated carbocycles. The van der Waals surface area contributed by atoms with E-state index in [4.69, 9.17) is 4.74 Å². The lowest BCUT2D eigenvalue weighted by Gasteiger charge is -2.26. The van der Waals surface area contributed by atoms with Crippen LogP contribution in [0.15, 0.2) is 35.8 Å². The van der Waals surface area contributed by atoms with Gasteiger partial charge in [0, 0.05) is 24.5 Å². The highest BCUT2D eigenvalue weighted by atomic mass is 32.1. The topological polar surface area (TPSA) is 63.2 Å². The number of hydrogen-bond donors (Lipinski definition) is 2. The van der Waals surface area contributed by atoms with Crippen molar-refractivity contribution in [2.45, 2.75) is 12.5 Å². The summed E-state index contributed by atoms with van der Waals surface area (Å²) in [5, 5.41) is 9.04. The molecule has 1 aliphatic heterocycles. The van der Waals surface area contributed by atoms with Crippen molar-refractivity contribution in [1.82, 2.24) is 10.3 Å². The van der Waals surface area contributed by atoms with Gasteiger partial charge >= 0.3 is 0 Å². The van der Waals surface area contributed by atoms with Crippen LogP contribution in [-0.2, 0) is 11.2 Å². The number of anilines is 1. The normalized spacial score (nSPS) is 16.7. The molecule has 1 amide bonds. The van der Waals surface area contributed by atoms with Gasteiger partial charge in [-0.2, -0.15) is 0 Å². The van der Waals surface area contributed by atoms with E-state index in [0.717, 1.165) is 22.9 Å². The molecular formula is C14H15N3O2S. The van der Waals surface area contributed by atoms with Gasteiger partial charge in [0.25, 0.3) is 5.91 Å². The molecule has 2 aromatic rings. The lowest BCUT2D eigenvalue weighted by Crippen LogP contribution is -2.45. The molecule has 1 aromatic carbocycles. The molecule has 0 aliphatic carbocycles. The number of thiazole rings is 1. The summed E-state index contributed by atoms with van der Waals surface area (Å²) in [7, 11) is 0. The van der Waals surface area contributed by atoms with E-state index in [1.54, 1.807) is 17.5 Å². The maximum atomic E-state index is 12.0. The summed E-state index contributed by atoms with van der Waals surface area (Å²) >= 11 is 1.59. The third kappa shape index (κ3) is 2.91. The van der Waals surface area contributed by atoms with Crippen molar-refractivity contribution in [2.75, 3.05) is 18.4 Å². The Morgan fingerprint density at radius 2 is 2.40 bits per heavy atom. The second kappa shape index (κ2) is 5.92. The fourth-order valence-electron chi connectivity index (χ4n) is 2.04. The molecule has 5 nitrogen and oxygen atoms in total. The van der Waals surface area contributed by atoms with Gasteiger partial charge < -0.3 is 15.4 Å². The van der Waals surface area contributed by atoms with Crippen LogP contribution in [0.1, 0.15) is 5.01 Å².